The van der Waals surface area contributed by atoms with E-state index in [9.17, 15) is 4.79 Å². The lowest BCUT2D eigenvalue weighted by molar-refractivity contribution is 0.0697. The Labute approximate surface area is 116 Å². The molecule has 1 aliphatic carbocycles. The van der Waals surface area contributed by atoms with E-state index in [4.69, 9.17) is 9.84 Å². The molecule has 0 amide bonds. The first kappa shape index (κ1) is 12.8. The van der Waals surface area contributed by atoms with Crippen LogP contribution in [0.4, 0.5) is 0 Å². The van der Waals surface area contributed by atoms with Crippen molar-refractivity contribution < 1.29 is 14.6 Å². The van der Waals surface area contributed by atoms with Gasteiger partial charge in [-0.1, -0.05) is 12.8 Å². The molecule has 0 bridgehead atoms. The second-order valence-electron chi connectivity index (χ2n) is 5.18. The Morgan fingerprint density at radius 1 is 1.30 bits per heavy atom. The van der Waals surface area contributed by atoms with Crippen molar-refractivity contribution in [2.24, 2.45) is 5.92 Å². The van der Waals surface area contributed by atoms with Crippen molar-refractivity contribution >= 4 is 16.9 Å². The Hall–Kier alpha value is -2.17. The monoisotopic (exact) mass is 272 g/mol. The SMILES string of the molecule is O=C(O)c1ccc2c(OCC3CCCC3)ncnc2c1. The Kier molecular flexibility index (Phi) is 3.50. The van der Waals surface area contributed by atoms with Crippen LogP contribution in [-0.4, -0.2) is 27.7 Å². The summed E-state index contributed by atoms with van der Waals surface area (Å²) in [6.45, 7) is 0.673. The van der Waals surface area contributed by atoms with Gasteiger partial charge in [-0.2, -0.15) is 0 Å². The topological polar surface area (TPSA) is 72.3 Å². The van der Waals surface area contributed by atoms with E-state index >= 15 is 0 Å². The van der Waals surface area contributed by atoms with E-state index in [1.165, 1.54) is 32.0 Å². The smallest absolute Gasteiger partial charge is 0.335 e. The van der Waals surface area contributed by atoms with E-state index in [2.05, 4.69) is 9.97 Å². The first-order chi connectivity index (χ1) is 9.74. The van der Waals surface area contributed by atoms with Gasteiger partial charge in [0.1, 0.15) is 6.33 Å². The molecule has 1 aliphatic rings. The molecule has 1 fully saturated rings. The molecule has 5 heteroatoms. The van der Waals surface area contributed by atoms with Gasteiger partial charge in [-0.15, -0.1) is 0 Å². The molecule has 5 nitrogen and oxygen atoms in total. The number of nitrogens with zero attached hydrogens (tertiary/aromatic N) is 2. The maximum Gasteiger partial charge on any atom is 0.335 e. The lowest BCUT2D eigenvalue weighted by atomic mass is 10.1. The molecule has 1 aromatic heterocycles. The standard InChI is InChI=1S/C15H16N2O3/c18-15(19)11-5-6-12-13(7-11)16-9-17-14(12)20-8-10-3-1-2-4-10/h5-7,9-10H,1-4,8H2,(H,18,19). The summed E-state index contributed by atoms with van der Waals surface area (Å²) in [6, 6.07) is 4.81. The number of carboxylic acids is 1. The quantitative estimate of drug-likeness (QED) is 0.926. The minimum Gasteiger partial charge on any atom is -0.478 e. The highest BCUT2D eigenvalue weighted by Crippen LogP contribution is 2.27. The minimum atomic E-state index is -0.959. The van der Waals surface area contributed by atoms with Crippen LogP contribution in [0.1, 0.15) is 36.0 Å². The number of rotatable bonds is 4. The number of fused-ring (bicyclic) bond motifs is 1. The van der Waals surface area contributed by atoms with Gasteiger partial charge in [-0.05, 0) is 37.0 Å². The number of hydrogen-bond acceptors (Lipinski definition) is 4. The fourth-order valence-electron chi connectivity index (χ4n) is 2.65. The molecule has 20 heavy (non-hydrogen) atoms. The lowest BCUT2D eigenvalue weighted by Gasteiger charge is -2.12. The van der Waals surface area contributed by atoms with Gasteiger partial charge in [0.15, 0.2) is 0 Å². The summed E-state index contributed by atoms with van der Waals surface area (Å²) in [5.74, 6) is 0.191. The van der Waals surface area contributed by atoms with Crippen LogP contribution in [0.3, 0.4) is 0 Å². The van der Waals surface area contributed by atoms with Gasteiger partial charge in [0.2, 0.25) is 5.88 Å². The second-order valence-corrected chi connectivity index (χ2v) is 5.18. The molecule has 1 N–H and O–H groups in total. The average molecular weight is 272 g/mol. The Morgan fingerprint density at radius 3 is 2.85 bits per heavy atom. The van der Waals surface area contributed by atoms with Gasteiger partial charge in [0.25, 0.3) is 0 Å². The highest BCUT2D eigenvalue weighted by molar-refractivity contribution is 5.94. The predicted octanol–water partition coefficient (Wildman–Crippen LogP) is 2.90. The summed E-state index contributed by atoms with van der Waals surface area (Å²) in [5.41, 5.74) is 0.819. The number of carbonyl (C=O) groups is 1. The lowest BCUT2D eigenvalue weighted by Crippen LogP contribution is -2.09. The van der Waals surface area contributed by atoms with Gasteiger partial charge < -0.3 is 9.84 Å². The molecule has 1 aromatic carbocycles. The van der Waals surface area contributed by atoms with Gasteiger partial charge in [0, 0.05) is 0 Å². The molecule has 0 aliphatic heterocycles. The first-order valence-electron chi connectivity index (χ1n) is 6.85. The van der Waals surface area contributed by atoms with Crippen molar-refractivity contribution in [3.8, 4) is 5.88 Å². The first-order valence-corrected chi connectivity index (χ1v) is 6.85. The molecular weight excluding hydrogens is 256 g/mol. The summed E-state index contributed by atoms with van der Waals surface area (Å²) in [6.07, 6.45) is 6.40. The van der Waals surface area contributed by atoms with Crippen LogP contribution in [0.15, 0.2) is 24.5 Å². The Balaban J connectivity index is 1.85. The molecule has 104 valence electrons. The fourth-order valence-corrected chi connectivity index (χ4v) is 2.65. The number of hydrogen-bond donors (Lipinski definition) is 1. The van der Waals surface area contributed by atoms with Gasteiger partial charge in [-0.25, -0.2) is 14.8 Å². The normalized spacial score (nSPS) is 15.6. The summed E-state index contributed by atoms with van der Waals surface area (Å²) in [5, 5.41) is 9.75. The van der Waals surface area contributed by atoms with Crippen molar-refractivity contribution in [3.05, 3.63) is 30.1 Å². The summed E-state index contributed by atoms with van der Waals surface area (Å²) < 4.78 is 5.81. The van der Waals surface area contributed by atoms with E-state index in [0.717, 1.165) is 5.39 Å². The van der Waals surface area contributed by atoms with Crippen molar-refractivity contribution in [3.63, 3.8) is 0 Å². The van der Waals surface area contributed by atoms with Gasteiger partial charge >= 0.3 is 5.97 Å². The molecule has 0 unspecified atom stereocenters. The number of aromatic nitrogens is 2. The molecular formula is C15H16N2O3. The Bertz CT molecular complexity index is 636. The largest absolute Gasteiger partial charge is 0.478 e. The van der Waals surface area contributed by atoms with E-state index in [1.807, 2.05) is 0 Å². The van der Waals surface area contributed by atoms with Crippen molar-refractivity contribution in [1.82, 2.24) is 9.97 Å². The van der Waals surface area contributed by atoms with Crippen LogP contribution in [0.25, 0.3) is 10.9 Å². The number of aromatic carboxylic acids is 1. The molecule has 2 aromatic rings. The number of ether oxygens (including phenoxy) is 1. The van der Waals surface area contributed by atoms with Crippen LogP contribution in [0.5, 0.6) is 5.88 Å². The Morgan fingerprint density at radius 2 is 2.10 bits per heavy atom. The van der Waals surface area contributed by atoms with Crippen molar-refractivity contribution in [1.29, 1.82) is 0 Å². The maximum atomic E-state index is 11.0. The predicted molar refractivity (Wildman–Crippen MR) is 74.0 cm³/mol. The number of carboxylic acid groups (broad SMARTS) is 1. The molecule has 0 saturated heterocycles. The van der Waals surface area contributed by atoms with Crippen LogP contribution in [0, 0.1) is 5.92 Å². The van der Waals surface area contributed by atoms with Gasteiger partial charge in [0.05, 0.1) is 23.1 Å². The molecule has 1 saturated carbocycles. The molecule has 0 radical (unpaired) electrons. The maximum absolute atomic E-state index is 11.0. The fraction of sp³-hybridized carbons (Fsp3) is 0.400. The van der Waals surface area contributed by atoms with E-state index in [0.29, 0.717) is 23.9 Å². The summed E-state index contributed by atoms with van der Waals surface area (Å²) >= 11 is 0. The molecule has 0 spiro atoms. The molecule has 0 atom stereocenters. The van der Waals surface area contributed by atoms with Crippen LogP contribution in [0.2, 0.25) is 0 Å². The molecule has 1 heterocycles. The van der Waals surface area contributed by atoms with Crippen LogP contribution in [-0.2, 0) is 0 Å². The molecule has 3 rings (SSSR count). The second kappa shape index (κ2) is 5.45. The summed E-state index contributed by atoms with van der Waals surface area (Å²) in [4.78, 5) is 19.2. The highest BCUT2D eigenvalue weighted by Gasteiger charge is 2.16. The minimum absolute atomic E-state index is 0.220. The third kappa shape index (κ3) is 2.57. The zero-order valence-electron chi connectivity index (χ0n) is 11.1. The van der Waals surface area contributed by atoms with Crippen LogP contribution < -0.4 is 4.74 Å². The average Bonchev–Trinajstić information content (AvgIpc) is 2.97. The zero-order chi connectivity index (χ0) is 13.9. The third-order valence-electron chi connectivity index (χ3n) is 3.78. The van der Waals surface area contributed by atoms with Crippen LogP contribution >= 0.6 is 0 Å². The van der Waals surface area contributed by atoms with Crippen molar-refractivity contribution in [2.75, 3.05) is 6.61 Å². The van der Waals surface area contributed by atoms with Crippen molar-refractivity contribution in [2.45, 2.75) is 25.7 Å². The summed E-state index contributed by atoms with van der Waals surface area (Å²) in [7, 11) is 0. The van der Waals surface area contributed by atoms with E-state index in [-0.39, 0.29) is 5.56 Å². The van der Waals surface area contributed by atoms with E-state index in [1.54, 1.807) is 18.2 Å². The zero-order valence-corrected chi connectivity index (χ0v) is 11.1. The van der Waals surface area contributed by atoms with E-state index < -0.39 is 5.97 Å². The van der Waals surface area contributed by atoms with Gasteiger partial charge in [-0.3, -0.25) is 0 Å². The highest BCUT2D eigenvalue weighted by atomic mass is 16.5. The number of benzene rings is 1. The third-order valence-corrected chi connectivity index (χ3v) is 3.78.